The molecule has 0 aliphatic rings. The Bertz CT molecular complexity index is 572. The van der Waals surface area contributed by atoms with Crippen molar-refractivity contribution in [1.29, 1.82) is 0 Å². The lowest BCUT2D eigenvalue weighted by atomic mass is 10.3. The molecule has 0 fully saturated rings. The van der Waals surface area contributed by atoms with Crippen LogP contribution in [0.1, 0.15) is 6.42 Å². The van der Waals surface area contributed by atoms with Gasteiger partial charge in [-0.15, -0.1) is 0 Å². The summed E-state index contributed by atoms with van der Waals surface area (Å²) in [5, 5.41) is 0. The number of esters is 1. The van der Waals surface area contributed by atoms with Crippen molar-refractivity contribution in [3.8, 4) is 0 Å². The lowest BCUT2D eigenvalue weighted by Crippen LogP contribution is -2.37. The van der Waals surface area contributed by atoms with Crippen LogP contribution in [0.2, 0.25) is 0 Å². The second-order valence-electron chi connectivity index (χ2n) is 3.96. The maximum absolute atomic E-state index is 12.3. The Balaban J connectivity index is 3.04. The van der Waals surface area contributed by atoms with Crippen LogP contribution in [0, 0.1) is 0 Å². The summed E-state index contributed by atoms with van der Waals surface area (Å²) in [5.41, 5.74) is 5.86. The zero-order valence-corrected chi connectivity index (χ0v) is 12.6. The molecule has 1 rings (SSSR count). The second kappa shape index (κ2) is 7.20. The van der Waals surface area contributed by atoms with Crippen LogP contribution < -0.4 is 10.0 Å². The van der Waals surface area contributed by atoms with E-state index in [0.717, 1.165) is 11.4 Å². The monoisotopic (exact) mass is 316 g/mol. The number of para-hydroxylation sites is 1. The summed E-state index contributed by atoms with van der Waals surface area (Å²) in [7, 11) is -2.70. The minimum atomic E-state index is -3.84. The lowest BCUT2D eigenvalue weighted by Gasteiger charge is -2.23. The molecule has 0 unspecified atom stereocenters. The smallest absolute Gasteiger partial charge is 0.322 e. The average molecular weight is 316 g/mol. The molecule has 0 atom stereocenters. The quantitative estimate of drug-likeness (QED) is 0.587. The number of hydrogen-bond acceptors (Lipinski definition) is 5. The van der Waals surface area contributed by atoms with Gasteiger partial charge in [-0.25, -0.2) is 8.42 Å². The van der Waals surface area contributed by atoms with Crippen molar-refractivity contribution >= 4 is 38.9 Å². The highest BCUT2D eigenvalue weighted by Gasteiger charge is 2.26. The van der Waals surface area contributed by atoms with E-state index in [0.29, 0.717) is 5.69 Å². The minimum absolute atomic E-state index is 0.0820. The van der Waals surface area contributed by atoms with E-state index in [4.69, 9.17) is 18.0 Å². The summed E-state index contributed by atoms with van der Waals surface area (Å²) in [6.45, 7) is 0.0820. The van der Waals surface area contributed by atoms with Crippen molar-refractivity contribution in [3.63, 3.8) is 0 Å². The third kappa shape index (κ3) is 4.78. The van der Waals surface area contributed by atoms with Gasteiger partial charge in [0.25, 0.3) is 0 Å². The van der Waals surface area contributed by atoms with E-state index in [1.807, 2.05) is 0 Å². The van der Waals surface area contributed by atoms with Crippen molar-refractivity contribution in [2.75, 3.05) is 23.7 Å². The number of anilines is 1. The molecule has 110 valence electrons. The Morgan fingerprint density at radius 3 is 2.45 bits per heavy atom. The minimum Gasteiger partial charge on any atom is -0.468 e. The number of thiocarbonyl (C=S) groups is 1. The van der Waals surface area contributed by atoms with Gasteiger partial charge in [0.2, 0.25) is 10.0 Å². The molecule has 20 heavy (non-hydrogen) atoms. The maximum Gasteiger partial charge on any atom is 0.322 e. The third-order valence-corrected chi connectivity index (χ3v) is 4.34. The summed E-state index contributed by atoms with van der Waals surface area (Å²) < 4.78 is 30.0. The van der Waals surface area contributed by atoms with Gasteiger partial charge in [-0.05, 0) is 12.1 Å². The molecule has 6 nitrogen and oxygen atoms in total. The first kappa shape index (κ1) is 16.4. The van der Waals surface area contributed by atoms with E-state index >= 15 is 0 Å². The predicted molar refractivity (Wildman–Crippen MR) is 81.0 cm³/mol. The van der Waals surface area contributed by atoms with Crippen LogP contribution in [-0.4, -0.2) is 38.8 Å². The van der Waals surface area contributed by atoms with Gasteiger partial charge in [0.05, 0.1) is 17.8 Å². The molecule has 0 aromatic heterocycles. The number of sulfonamides is 1. The molecule has 0 aliphatic carbocycles. The van der Waals surface area contributed by atoms with Gasteiger partial charge in [0, 0.05) is 13.0 Å². The Labute approximate surface area is 123 Å². The summed E-state index contributed by atoms with van der Waals surface area (Å²) in [5.74, 6) is -1.54. The van der Waals surface area contributed by atoms with Gasteiger partial charge in [0.15, 0.2) is 5.75 Å². The van der Waals surface area contributed by atoms with Crippen molar-refractivity contribution < 1.29 is 17.9 Å². The van der Waals surface area contributed by atoms with Gasteiger partial charge < -0.3 is 10.5 Å². The first-order valence-electron chi connectivity index (χ1n) is 5.77. The largest absolute Gasteiger partial charge is 0.468 e. The number of carbonyl (C=O) groups excluding carboxylic acids is 1. The zero-order valence-electron chi connectivity index (χ0n) is 11.0. The van der Waals surface area contributed by atoms with Crippen molar-refractivity contribution in [2.24, 2.45) is 5.73 Å². The van der Waals surface area contributed by atoms with E-state index in [-0.39, 0.29) is 18.0 Å². The average Bonchev–Trinajstić information content (AvgIpc) is 2.38. The van der Waals surface area contributed by atoms with E-state index in [2.05, 4.69) is 4.74 Å². The van der Waals surface area contributed by atoms with Crippen molar-refractivity contribution in [2.45, 2.75) is 6.42 Å². The summed E-state index contributed by atoms with van der Waals surface area (Å²) in [4.78, 5) is 11.4. The Morgan fingerprint density at radius 2 is 1.95 bits per heavy atom. The van der Waals surface area contributed by atoms with Gasteiger partial charge in [0.1, 0.15) is 0 Å². The molecule has 0 saturated heterocycles. The van der Waals surface area contributed by atoms with Crippen molar-refractivity contribution in [1.82, 2.24) is 0 Å². The molecule has 0 bridgehead atoms. The maximum atomic E-state index is 12.3. The molecule has 1 aromatic rings. The standard InChI is InChI=1S/C12H16N2O4S2/c1-18-12(15)9-20(16,17)14(8-7-11(13)19)10-5-3-2-4-6-10/h2-6H,7-9H2,1H3,(H2,13,19). The molecule has 0 spiro atoms. The molecule has 0 aliphatic heterocycles. The van der Waals surface area contributed by atoms with Gasteiger partial charge in [-0.3, -0.25) is 9.10 Å². The van der Waals surface area contributed by atoms with Crippen LogP contribution in [0.4, 0.5) is 5.69 Å². The van der Waals surface area contributed by atoms with Crippen LogP contribution in [0.15, 0.2) is 30.3 Å². The first-order valence-corrected chi connectivity index (χ1v) is 7.79. The number of hydrogen-bond donors (Lipinski definition) is 1. The number of carbonyl (C=O) groups is 1. The van der Waals surface area contributed by atoms with E-state index in [9.17, 15) is 13.2 Å². The third-order valence-electron chi connectivity index (χ3n) is 2.47. The number of nitrogens with zero attached hydrogens (tertiary/aromatic N) is 1. The van der Waals surface area contributed by atoms with E-state index in [1.54, 1.807) is 30.3 Å². The number of nitrogens with two attached hydrogens (primary N) is 1. The summed E-state index contributed by atoms with van der Waals surface area (Å²) >= 11 is 4.76. The van der Waals surface area contributed by atoms with Crippen molar-refractivity contribution in [3.05, 3.63) is 30.3 Å². The summed E-state index contributed by atoms with van der Waals surface area (Å²) in [6, 6.07) is 8.44. The molecular weight excluding hydrogens is 300 g/mol. The highest BCUT2D eigenvalue weighted by atomic mass is 32.2. The lowest BCUT2D eigenvalue weighted by molar-refractivity contribution is -0.137. The number of rotatable bonds is 7. The molecule has 0 amide bonds. The number of methoxy groups -OCH3 is 1. The molecule has 0 heterocycles. The Kier molecular flexibility index (Phi) is 5.90. The number of benzene rings is 1. The first-order chi connectivity index (χ1) is 9.36. The molecule has 2 N–H and O–H groups in total. The fourth-order valence-corrected chi connectivity index (χ4v) is 3.00. The van der Waals surface area contributed by atoms with Crippen LogP contribution >= 0.6 is 12.2 Å². The summed E-state index contributed by atoms with van der Waals surface area (Å²) in [6.07, 6.45) is 0.227. The van der Waals surface area contributed by atoms with Crippen LogP contribution in [0.3, 0.4) is 0 Å². The molecule has 8 heteroatoms. The van der Waals surface area contributed by atoms with E-state index in [1.165, 1.54) is 0 Å². The topological polar surface area (TPSA) is 89.7 Å². The van der Waals surface area contributed by atoms with Gasteiger partial charge >= 0.3 is 5.97 Å². The normalized spacial score (nSPS) is 10.8. The fraction of sp³-hybridized carbons (Fsp3) is 0.333. The molecule has 1 aromatic carbocycles. The van der Waals surface area contributed by atoms with Crippen LogP contribution in [0.25, 0.3) is 0 Å². The zero-order chi connectivity index (χ0) is 15.2. The Hall–Kier alpha value is -1.67. The van der Waals surface area contributed by atoms with Gasteiger partial charge in [-0.2, -0.15) is 0 Å². The van der Waals surface area contributed by atoms with Gasteiger partial charge in [-0.1, -0.05) is 30.4 Å². The molecular formula is C12H16N2O4S2. The highest BCUT2D eigenvalue weighted by Crippen LogP contribution is 2.18. The predicted octanol–water partition coefficient (Wildman–Crippen LogP) is 0.672. The van der Waals surface area contributed by atoms with Crippen LogP contribution in [-0.2, 0) is 19.6 Å². The van der Waals surface area contributed by atoms with Crippen LogP contribution in [0.5, 0.6) is 0 Å². The molecule has 0 radical (unpaired) electrons. The second-order valence-corrected chi connectivity index (χ2v) is 6.37. The highest BCUT2D eigenvalue weighted by molar-refractivity contribution is 7.93. The Morgan fingerprint density at radius 1 is 1.35 bits per heavy atom. The fourth-order valence-electron chi connectivity index (χ4n) is 1.52. The number of ether oxygens (including phenoxy) is 1. The van der Waals surface area contributed by atoms with E-state index < -0.39 is 21.7 Å². The molecule has 0 saturated carbocycles. The SMILES string of the molecule is COC(=O)CS(=O)(=O)N(CCC(N)=S)c1ccccc1.